The van der Waals surface area contributed by atoms with Gasteiger partial charge in [-0.1, -0.05) is 24.3 Å². The summed E-state index contributed by atoms with van der Waals surface area (Å²) < 4.78 is 12.0. The normalized spacial score (nSPS) is 10.9. The Balaban J connectivity index is 1.35. The molecule has 0 bridgehead atoms. The van der Waals surface area contributed by atoms with E-state index < -0.39 is 5.97 Å². The molecule has 2 aromatic carbocycles. The molecule has 0 radical (unpaired) electrons. The number of hydrogen-bond donors (Lipinski definition) is 0. The third-order valence-corrected chi connectivity index (χ3v) is 5.80. The number of methoxy groups -OCH3 is 1. The number of fused-ring (bicyclic) bond motifs is 1. The van der Waals surface area contributed by atoms with E-state index in [4.69, 9.17) is 9.47 Å². The summed E-state index contributed by atoms with van der Waals surface area (Å²) in [6.45, 7) is 2.21. The van der Waals surface area contributed by atoms with Gasteiger partial charge in [0, 0.05) is 17.5 Å². The first kappa shape index (κ1) is 20.7. The van der Waals surface area contributed by atoms with E-state index in [-0.39, 0.29) is 25.1 Å². The van der Waals surface area contributed by atoms with Crippen LogP contribution in [0, 0.1) is 6.92 Å². The molecule has 4 rings (SSSR count). The topological polar surface area (TPSA) is 83.3 Å². The third kappa shape index (κ3) is 4.64. The standard InChI is InChI=1S/C23H21N3O4S/c1-15-5-3-8-19-21(15)24-14-26(23(19)28)10-9-20(27)30-12-17-13-31-22(25-17)16-6-4-7-18(11-16)29-2/h3-8,11,13-14H,9-10,12H2,1-2H3. The minimum Gasteiger partial charge on any atom is -0.497 e. The van der Waals surface area contributed by atoms with Crippen molar-refractivity contribution in [3.63, 3.8) is 0 Å². The number of esters is 1. The second-order valence-corrected chi connectivity index (χ2v) is 7.86. The molecule has 0 aliphatic rings. The molecule has 2 aromatic heterocycles. The summed E-state index contributed by atoms with van der Waals surface area (Å²) in [7, 11) is 1.62. The highest BCUT2D eigenvalue weighted by atomic mass is 32.1. The molecule has 4 aromatic rings. The maximum absolute atomic E-state index is 12.6. The molecule has 0 aliphatic carbocycles. The summed E-state index contributed by atoms with van der Waals surface area (Å²) in [5, 5.41) is 3.24. The lowest BCUT2D eigenvalue weighted by molar-refractivity contribution is -0.145. The average Bonchev–Trinajstić information content (AvgIpc) is 3.27. The minimum atomic E-state index is -0.396. The SMILES string of the molecule is COc1cccc(-c2nc(COC(=O)CCn3cnc4c(C)cccc4c3=O)cs2)c1. The summed E-state index contributed by atoms with van der Waals surface area (Å²) in [5.74, 6) is 0.362. The maximum atomic E-state index is 12.6. The molecule has 0 saturated carbocycles. The van der Waals surface area contributed by atoms with Crippen molar-refractivity contribution in [1.82, 2.24) is 14.5 Å². The molecule has 0 spiro atoms. The highest BCUT2D eigenvalue weighted by Crippen LogP contribution is 2.27. The Kier molecular flexibility index (Phi) is 6.08. The predicted molar refractivity (Wildman–Crippen MR) is 119 cm³/mol. The van der Waals surface area contributed by atoms with Crippen molar-refractivity contribution in [2.24, 2.45) is 0 Å². The van der Waals surface area contributed by atoms with Gasteiger partial charge < -0.3 is 9.47 Å². The first-order chi connectivity index (χ1) is 15.0. The molecule has 0 N–H and O–H groups in total. The summed E-state index contributed by atoms with van der Waals surface area (Å²) in [5.41, 5.74) is 3.08. The van der Waals surface area contributed by atoms with Crippen LogP contribution in [0.2, 0.25) is 0 Å². The van der Waals surface area contributed by atoms with Gasteiger partial charge in [0.2, 0.25) is 0 Å². The Morgan fingerprint density at radius 2 is 2.03 bits per heavy atom. The zero-order valence-corrected chi connectivity index (χ0v) is 18.0. The lowest BCUT2D eigenvalue weighted by Crippen LogP contribution is -2.22. The van der Waals surface area contributed by atoms with Crippen molar-refractivity contribution in [3.8, 4) is 16.3 Å². The molecule has 0 aliphatic heterocycles. The van der Waals surface area contributed by atoms with E-state index in [2.05, 4.69) is 9.97 Å². The molecular formula is C23H21N3O4S. The number of para-hydroxylation sites is 1. The van der Waals surface area contributed by atoms with Crippen LogP contribution in [0.15, 0.2) is 59.0 Å². The van der Waals surface area contributed by atoms with Crippen LogP contribution in [0.25, 0.3) is 21.5 Å². The van der Waals surface area contributed by atoms with Gasteiger partial charge in [0.1, 0.15) is 17.4 Å². The highest BCUT2D eigenvalue weighted by Gasteiger charge is 2.11. The van der Waals surface area contributed by atoms with Gasteiger partial charge in [0.25, 0.3) is 5.56 Å². The van der Waals surface area contributed by atoms with E-state index in [1.807, 2.05) is 48.7 Å². The van der Waals surface area contributed by atoms with Gasteiger partial charge in [-0.15, -0.1) is 11.3 Å². The summed E-state index contributed by atoms with van der Waals surface area (Å²) in [6.07, 6.45) is 1.55. The van der Waals surface area contributed by atoms with Crippen molar-refractivity contribution in [1.29, 1.82) is 0 Å². The number of ether oxygens (including phenoxy) is 2. The van der Waals surface area contributed by atoms with E-state index in [0.717, 1.165) is 21.9 Å². The number of rotatable bonds is 7. The molecule has 0 saturated heterocycles. The van der Waals surface area contributed by atoms with Gasteiger partial charge in [-0.2, -0.15) is 0 Å². The summed E-state index contributed by atoms with van der Waals surface area (Å²) in [4.78, 5) is 33.7. The van der Waals surface area contributed by atoms with Crippen LogP contribution in [0.4, 0.5) is 0 Å². The van der Waals surface area contributed by atoms with Crippen LogP contribution >= 0.6 is 11.3 Å². The minimum absolute atomic E-state index is 0.0752. The monoisotopic (exact) mass is 435 g/mol. The first-order valence-electron chi connectivity index (χ1n) is 9.74. The lowest BCUT2D eigenvalue weighted by Gasteiger charge is -2.08. The van der Waals surface area contributed by atoms with Gasteiger partial charge in [0.15, 0.2) is 0 Å². The molecule has 0 atom stereocenters. The van der Waals surface area contributed by atoms with Crippen LogP contribution in [0.5, 0.6) is 5.75 Å². The maximum Gasteiger partial charge on any atom is 0.307 e. The van der Waals surface area contributed by atoms with E-state index in [1.165, 1.54) is 22.2 Å². The predicted octanol–water partition coefficient (Wildman–Crippen LogP) is 3.97. The van der Waals surface area contributed by atoms with Gasteiger partial charge in [-0.05, 0) is 30.7 Å². The van der Waals surface area contributed by atoms with E-state index >= 15 is 0 Å². The van der Waals surface area contributed by atoms with Crippen molar-refractivity contribution in [2.75, 3.05) is 7.11 Å². The molecule has 31 heavy (non-hydrogen) atoms. The number of nitrogens with zero attached hydrogens (tertiary/aromatic N) is 3. The van der Waals surface area contributed by atoms with E-state index in [0.29, 0.717) is 16.6 Å². The molecule has 0 amide bonds. The Bertz CT molecular complexity index is 1300. The lowest BCUT2D eigenvalue weighted by atomic mass is 10.1. The number of hydrogen-bond acceptors (Lipinski definition) is 7. The second-order valence-electron chi connectivity index (χ2n) is 7.00. The number of aromatic nitrogens is 3. The van der Waals surface area contributed by atoms with Crippen molar-refractivity contribution < 1.29 is 14.3 Å². The second kappa shape index (κ2) is 9.09. The molecule has 7 nitrogen and oxygen atoms in total. The van der Waals surface area contributed by atoms with Crippen molar-refractivity contribution in [2.45, 2.75) is 26.5 Å². The number of benzene rings is 2. The first-order valence-corrected chi connectivity index (χ1v) is 10.6. The fourth-order valence-electron chi connectivity index (χ4n) is 3.20. The smallest absolute Gasteiger partial charge is 0.307 e. The fraction of sp³-hybridized carbons (Fsp3) is 0.217. The van der Waals surface area contributed by atoms with Crippen LogP contribution in [0.1, 0.15) is 17.7 Å². The molecular weight excluding hydrogens is 414 g/mol. The molecule has 8 heteroatoms. The largest absolute Gasteiger partial charge is 0.497 e. The number of aryl methyl sites for hydroxylation is 2. The number of carbonyl (C=O) groups excluding carboxylic acids is 1. The van der Waals surface area contributed by atoms with Gasteiger partial charge in [-0.3, -0.25) is 14.2 Å². The zero-order valence-electron chi connectivity index (χ0n) is 17.2. The molecule has 0 unspecified atom stereocenters. The van der Waals surface area contributed by atoms with E-state index in [9.17, 15) is 9.59 Å². The number of thiazole rings is 1. The summed E-state index contributed by atoms with van der Waals surface area (Å²) in [6, 6.07) is 13.1. The highest BCUT2D eigenvalue weighted by molar-refractivity contribution is 7.13. The summed E-state index contributed by atoms with van der Waals surface area (Å²) >= 11 is 1.48. The van der Waals surface area contributed by atoms with Crippen molar-refractivity contribution >= 4 is 28.2 Å². The molecule has 0 fully saturated rings. The Morgan fingerprint density at radius 3 is 2.87 bits per heavy atom. The van der Waals surface area contributed by atoms with Crippen LogP contribution in [-0.4, -0.2) is 27.6 Å². The van der Waals surface area contributed by atoms with Crippen LogP contribution in [-0.2, 0) is 22.7 Å². The molecule has 2 heterocycles. The van der Waals surface area contributed by atoms with Gasteiger partial charge >= 0.3 is 5.97 Å². The Labute approximate surface area is 182 Å². The average molecular weight is 436 g/mol. The fourth-order valence-corrected chi connectivity index (χ4v) is 4.00. The van der Waals surface area contributed by atoms with Crippen molar-refractivity contribution in [3.05, 3.63) is 75.8 Å². The number of carbonyl (C=O) groups is 1. The van der Waals surface area contributed by atoms with E-state index in [1.54, 1.807) is 13.2 Å². The van der Waals surface area contributed by atoms with Gasteiger partial charge in [-0.25, -0.2) is 9.97 Å². The van der Waals surface area contributed by atoms with Crippen LogP contribution in [0.3, 0.4) is 0 Å². The third-order valence-electron chi connectivity index (χ3n) is 4.86. The van der Waals surface area contributed by atoms with Gasteiger partial charge in [0.05, 0.1) is 36.5 Å². The zero-order chi connectivity index (χ0) is 21.8. The van der Waals surface area contributed by atoms with Crippen LogP contribution < -0.4 is 10.3 Å². The Hall–Kier alpha value is -3.52. The Morgan fingerprint density at radius 1 is 1.19 bits per heavy atom. The molecule has 158 valence electrons. The quantitative estimate of drug-likeness (QED) is 0.409.